The number of hydrogen-bond acceptors (Lipinski definition) is 4. The van der Waals surface area contributed by atoms with Crippen molar-refractivity contribution in [1.29, 1.82) is 0 Å². The third kappa shape index (κ3) is 3.21. The summed E-state index contributed by atoms with van der Waals surface area (Å²) >= 11 is 0. The summed E-state index contributed by atoms with van der Waals surface area (Å²) in [5.74, 6) is -4.23. The van der Waals surface area contributed by atoms with Crippen molar-refractivity contribution in [3.63, 3.8) is 0 Å². The molecule has 1 N–H and O–H groups in total. The minimum atomic E-state index is -4.19. The van der Waals surface area contributed by atoms with Crippen molar-refractivity contribution >= 4 is 5.95 Å². The normalized spacial score (nSPS) is 11.6. The maximum absolute atomic E-state index is 12.5. The van der Waals surface area contributed by atoms with Gasteiger partial charge in [-0.25, -0.2) is 13.8 Å². The van der Waals surface area contributed by atoms with E-state index in [1.54, 1.807) is 0 Å². The summed E-state index contributed by atoms with van der Waals surface area (Å²) in [6.07, 6.45) is -2.51. The molecule has 0 fully saturated rings. The summed E-state index contributed by atoms with van der Waals surface area (Å²) < 4.78 is 53.0. The van der Waals surface area contributed by atoms with Crippen LogP contribution in [0.5, 0.6) is 5.88 Å². The van der Waals surface area contributed by atoms with Crippen molar-refractivity contribution in [2.24, 2.45) is 0 Å². The summed E-state index contributed by atoms with van der Waals surface area (Å²) in [4.78, 5) is 7.33. The molecule has 1 rings (SSSR count). The number of rotatable bonds is 5. The van der Waals surface area contributed by atoms with Crippen molar-refractivity contribution in [3.8, 4) is 5.88 Å². The molecule has 0 radical (unpaired) electrons. The Morgan fingerprint density at radius 1 is 1.50 bits per heavy atom. The van der Waals surface area contributed by atoms with Crippen LogP contribution in [-0.4, -0.2) is 36.0 Å². The number of nitrogens with one attached hydrogen (secondary N) is 1. The van der Waals surface area contributed by atoms with E-state index in [9.17, 15) is 17.6 Å². The highest BCUT2D eigenvalue weighted by atomic mass is 19.3. The summed E-state index contributed by atoms with van der Waals surface area (Å²) in [5, 5.41) is 2.55. The van der Waals surface area contributed by atoms with E-state index in [4.69, 9.17) is 0 Å². The highest BCUT2D eigenvalue weighted by Gasteiger charge is 2.41. The zero-order valence-corrected chi connectivity index (χ0v) is 8.25. The van der Waals surface area contributed by atoms with Crippen LogP contribution in [0.25, 0.3) is 0 Å². The Morgan fingerprint density at radius 3 is 2.75 bits per heavy atom. The zero-order chi connectivity index (χ0) is 12.2. The van der Waals surface area contributed by atoms with E-state index in [-0.39, 0.29) is 11.8 Å². The van der Waals surface area contributed by atoms with Gasteiger partial charge in [-0.3, -0.25) is 0 Å². The van der Waals surface area contributed by atoms with Crippen LogP contribution in [0, 0.1) is 0 Å². The van der Waals surface area contributed by atoms with Crippen molar-refractivity contribution in [2.45, 2.75) is 12.3 Å². The number of hydrogen-bond donors (Lipinski definition) is 1. The first kappa shape index (κ1) is 12.5. The molecule has 0 bridgehead atoms. The molecule has 90 valence electrons. The van der Waals surface area contributed by atoms with Gasteiger partial charge < -0.3 is 10.1 Å². The first-order chi connectivity index (χ1) is 7.45. The molecule has 0 aliphatic heterocycles. The standard InChI is InChI=1S/C8H9F4N3O/c1-13-7-14-3-2-5(15-7)16-4-8(11,12)6(9)10/h2-3,6H,4H2,1H3,(H,13,14,15). The Labute approximate surface area is 88.7 Å². The molecular weight excluding hydrogens is 230 g/mol. The minimum Gasteiger partial charge on any atom is -0.471 e. The largest absolute Gasteiger partial charge is 0.471 e. The molecule has 1 heterocycles. The van der Waals surface area contributed by atoms with Gasteiger partial charge in [-0.1, -0.05) is 0 Å². The van der Waals surface area contributed by atoms with Gasteiger partial charge in [-0.05, 0) is 0 Å². The topological polar surface area (TPSA) is 47.0 Å². The Balaban J connectivity index is 2.60. The molecule has 0 aliphatic rings. The van der Waals surface area contributed by atoms with Crippen molar-refractivity contribution in [3.05, 3.63) is 12.3 Å². The summed E-state index contributed by atoms with van der Waals surface area (Å²) in [6.45, 7) is -1.43. The smallest absolute Gasteiger partial charge is 0.340 e. The lowest BCUT2D eigenvalue weighted by atomic mass is 10.4. The Kier molecular flexibility index (Phi) is 3.86. The third-order valence-electron chi connectivity index (χ3n) is 1.59. The lowest BCUT2D eigenvalue weighted by Gasteiger charge is -2.15. The number of anilines is 1. The number of alkyl halides is 4. The molecule has 0 aromatic carbocycles. The zero-order valence-electron chi connectivity index (χ0n) is 8.25. The van der Waals surface area contributed by atoms with E-state index in [0.29, 0.717) is 0 Å². The molecule has 1 aromatic rings. The van der Waals surface area contributed by atoms with E-state index in [2.05, 4.69) is 20.0 Å². The second-order valence-corrected chi connectivity index (χ2v) is 2.82. The fourth-order valence-electron chi connectivity index (χ4n) is 0.776. The van der Waals surface area contributed by atoms with Gasteiger partial charge in [0.1, 0.15) is 0 Å². The van der Waals surface area contributed by atoms with E-state index < -0.39 is 19.0 Å². The highest BCUT2D eigenvalue weighted by Crippen LogP contribution is 2.23. The fraction of sp³-hybridized carbons (Fsp3) is 0.500. The van der Waals surface area contributed by atoms with Crippen LogP contribution >= 0.6 is 0 Å². The third-order valence-corrected chi connectivity index (χ3v) is 1.59. The maximum atomic E-state index is 12.5. The lowest BCUT2D eigenvalue weighted by molar-refractivity contribution is -0.148. The highest BCUT2D eigenvalue weighted by molar-refractivity contribution is 5.26. The van der Waals surface area contributed by atoms with E-state index in [0.717, 1.165) is 0 Å². The van der Waals surface area contributed by atoms with Crippen LogP contribution in [0.15, 0.2) is 12.3 Å². The molecule has 4 nitrogen and oxygen atoms in total. The monoisotopic (exact) mass is 239 g/mol. The SMILES string of the molecule is CNc1nccc(OCC(F)(F)C(F)F)n1. The number of halogens is 4. The van der Waals surface area contributed by atoms with Gasteiger partial charge in [0.2, 0.25) is 11.8 Å². The quantitative estimate of drug-likeness (QED) is 0.796. The number of nitrogens with zero attached hydrogens (tertiary/aromatic N) is 2. The van der Waals surface area contributed by atoms with Crippen molar-refractivity contribution in [1.82, 2.24) is 9.97 Å². The van der Waals surface area contributed by atoms with E-state index >= 15 is 0 Å². The molecule has 0 saturated heterocycles. The molecule has 8 heteroatoms. The van der Waals surface area contributed by atoms with Gasteiger partial charge in [-0.15, -0.1) is 0 Å². The molecule has 0 aliphatic carbocycles. The van der Waals surface area contributed by atoms with E-state index in [1.165, 1.54) is 19.3 Å². The van der Waals surface area contributed by atoms with Crippen molar-refractivity contribution < 1.29 is 22.3 Å². The van der Waals surface area contributed by atoms with Gasteiger partial charge in [-0.2, -0.15) is 13.8 Å². The van der Waals surface area contributed by atoms with Crippen LogP contribution in [0.3, 0.4) is 0 Å². The minimum absolute atomic E-state index is 0.151. The predicted molar refractivity (Wildman–Crippen MR) is 48.0 cm³/mol. The van der Waals surface area contributed by atoms with Gasteiger partial charge in [0, 0.05) is 19.3 Å². The molecule has 16 heavy (non-hydrogen) atoms. The van der Waals surface area contributed by atoms with Crippen LogP contribution in [0.1, 0.15) is 0 Å². The second-order valence-electron chi connectivity index (χ2n) is 2.82. The average molecular weight is 239 g/mol. The van der Waals surface area contributed by atoms with Gasteiger partial charge in [0.15, 0.2) is 6.61 Å². The van der Waals surface area contributed by atoms with Crippen LogP contribution in [0.4, 0.5) is 23.5 Å². The Morgan fingerprint density at radius 2 is 2.19 bits per heavy atom. The molecule has 0 saturated carbocycles. The number of ether oxygens (including phenoxy) is 1. The molecular formula is C8H9F4N3O. The first-order valence-electron chi connectivity index (χ1n) is 4.25. The number of aromatic nitrogens is 2. The van der Waals surface area contributed by atoms with Crippen molar-refractivity contribution in [2.75, 3.05) is 19.0 Å². The molecule has 0 amide bonds. The Hall–Kier alpha value is -1.60. The molecule has 1 aromatic heterocycles. The lowest BCUT2D eigenvalue weighted by Crippen LogP contribution is -2.33. The summed E-state index contributed by atoms with van der Waals surface area (Å²) in [7, 11) is 1.52. The van der Waals surface area contributed by atoms with E-state index in [1.807, 2.05) is 0 Å². The summed E-state index contributed by atoms with van der Waals surface area (Å²) in [5.41, 5.74) is 0. The summed E-state index contributed by atoms with van der Waals surface area (Å²) in [6, 6.07) is 1.20. The van der Waals surface area contributed by atoms with Crippen LogP contribution in [0.2, 0.25) is 0 Å². The average Bonchev–Trinajstić information content (AvgIpc) is 2.26. The molecule has 0 unspecified atom stereocenters. The first-order valence-corrected chi connectivity index (χ1v) is 4.25. The van der Waals surface area contributed by atoms with Gasteiger partial charge >= 0.3 is 12.3 Å². The maximum Gasteiger partial charge on any atom is 0.340 e. The predicted octanol–water partition coefficient (Wildman–Crippen LogP) is 1.80. The fourth-order valence-corrected chi connectivity index (χ4v) is 0.776. The van der Waals surface area contributed by atoms with Crippen LogP contribution < -0.4 is 10.1 Å². The van der Waals surface area contributed by atoms with Crippen LogP contribution in [-0.2, 0) is 0 Å². The molecule has 0 atom stereocenters. The second kappa shape index (κ2) is 4.95. The van der Waals surface area contributed by atoms with Gasteiger partial charge in [0.05, 0.1) is 0 Å². The molecule has 0 spiro atoms. The van der Waals surface area contributed by atoms with Gasteiger partial charge in [0.25, 0.3) is 0 Å². The Bertz CT molecular complexity index is 348.